The Bertz CT molecular complexity index is 354. The topological polar surface area (TPSA) is 68.7 Å². The Kier molecular flexibility index (Phi) is 6.03. The maximum Gasteiger partial charge on any atom is 0.337 e. The van der Waals surface area contributed by atoms with Gasteiger partial charge in [0, 0.05) is 12.8 Å². The molecule has 0 saturated carbocycles. The summed E-state index contributed by atoms with van der Waals surface area (Å²) < 4.78 is 10.6. The van der Waals surface area contributed by atoms with Gasteiger partial charge in [0.2, 0.25) is 0 Å². The molecule has 0 spiro atoms. The number of rotatable bonds is 8. The third kappa shape index (κ3) is 5.31. The van der Waals surface area contributed by atoms with Crippen molar-refractivity contribution in [2.45, 2.75) is 19.8 Å². The Morgan fingerprint density at radius 2 is 2.18 bits per heavy atom. The van der Waals surface area contributed by atoms with E-state index in [1.165, 1.54) is 18.5 Å². The lowest BCUT2D eigenvalue weighted by Crippen LogP contribution is -2.08. The molecule has 1 aromatic heterocycles. The van der Waals surface area contributed by atoms with E-state index in [9.17, 15) is 4.79 Å². The predicted octanol–water partition coefficient (Wildman–Crippen LogP) is 1.98. The summed E-state index contributed by atoms with van der Waals surface area (Å²) in [6.07, 6.45) is 4.91. The maximum absolute atomic E-state index is 10.7. The van der Waals surface area contributed by atoms with Crippen LogP contribution in [0.3, 0.4) is 0 Å². The molecule has 1 heterocycles. The normalized spacial score (nSPS) is 10.2. The van der Waals surface area contributed by atoms with Gasteiger partial charge in [-0.1, -0.05) is 13.3 Å². The van der Waals surface area contributed by atoms with Crippen molar-refractivity contribution in [1.82, 2.24) is 4.98 Å². The lowest BCUT2D eigenvalue weighted by molar-refractivity contribution is 0.0695. The summed E-state index contributed by atoms with van der Waals surface area (Å²) in [5.74, 6) is -0.564. The average Bonchev–Trinajstić information content (AvgIpc) is 2.34. The molecule has 0 radical (unpaired) electrons. The highest BCUT2D eigenvalue weighted by Gasteiger charge is 2.04. The van der Waals surface area contributed by atoms with Crippen molar-refractivity contribution < 1.29 is 19.4 Å². The molecule has 0 aliphatic heterocycles. The van der Waals surface area contributed by atoms with Crippen LogP contribution in [0.4, 0.5) is 0 Å². The predicted molar refractivity (Wildman–Crippen MR) is 62.4 cm³/mol. The van der Waals surface area contributed by atoms with Crippen molar-refractivity contribution in [2.24, 2.45) is 0 Å². The smallest absolute Gasteiger partial charge is 0.337 e. The summed E-state index contributed by atoms with van der Waals surface area (Å²) in [6.45, 7) is 3.72. The first-order valence-corrected chi connectivity index (χ1v) is 5.63. The SMILES string of the molecule is CCCCOCCOc1cncc(C(=O)O)c1. The lowest BCUT2D eigenvalue weighted by Gasteiger charge is -2.06. The largest absolute Gasteiger partial charge is 0.490 e. The summed E-state index contributed by atoms with van der Waals surface area (Å²) >= 11 is 0. The minimum absolute atomic E-state index is 0.120. The van der Waals surface area contributed by atoms with E-state index in [4.69, 9.17) is 14.6 Å². The van der Waals surface area contributed by atoms with Crippen molar-refractivity contribution >= 4 is 5.97 Å². The van der Waals surface area contributed by atoms with E-state index in [2.05, 4.69) is 11.9 Å². The molecule has 5 heteroatoms. The number of carboxylic acids is 1. The molecule has 0 aromatic carbocycles. The number of carbonyl (C=O) groups is 1. The second kappa shape index (κ2) is 7.62. The Morgan fingerprint density at radius 1 is 1.35 bits per heavy atom. The van der Waals surface area contributed by atoms with Crippen LogP contribution in [0.15, 0.2) is 18.5 Å². The molecule has 0 aliphatic rings. The molecule has 1 N–H and O–H groups in total. The van der Waals surface area contributed by atoms with Crippen LogP contribution in [-0.4, -0.2) is 35.9 Å². The average molecular weight is 239 g/mol. The van der Waals surface area contributed by atoms with Crippen molar-refractivity contribution in [2.75, 3.05) is 19.8 Å². The van der Waals surface area contributed by atoms with Gasteiger partial charge in [-0.25, -0.2) is 4.79 Å². The molecule has 0 amide bonds. The van der Waals surface area contributed by atoms with Crippen LogP contribution in [0.25, 0.3) is 0 Å². The van der Waals surface area contributed by atoms with E-state index in [-0.39, 0.29) is 5.56 Å². The molecule has 5 nitrogen and oxygen atoms in total. The Hall–Kier alpha value is -1.62. The van der Waals surface area contributed by atoms with Gasteiger partial charge in [0.25, 0.3) is 0 Å². The standard InChI is InChI=1S/C12H17NO4/c1-2-3-4-16-5-6-17-11-7-10(12(14)15)8-13-9-11/h7-9H,2-6H2,1H3,(H,14,15). The maximum atomic E-state index is 10.7. The van der Waals surface area contributed by atoms with E-state index >= 15 is 0 Å². The number of aromatic carboxylic acids is 1. The summed E-state index contributed by atoms with van der Waals surface area (Å²) in [4.78, 5) is 14.5. The second-order valence-electron chi connectivity index (χ2n) is 3.53. The Labute approximate surface area is 100 Å². The quantitative estimate of drug-likeness (QED) is 0.702. The van der Waals surface area contributed by atoms with E-state index in [0.717, 1.165) is 19.4 Å². The van der Waals surface area contributed by atoms with Crippen molar-refractivity contribution in [3.8, 4) is 5.75 Å². The molecule has 1 aromatic rings. The van der Waals surface area contributed by atoms with E-state index in [1.807, 2.05) is 0 Å². The zero-order chi connectivity index (χ0) is 12.5. The van der Waals surface area contributed by atoms with Crippen LogP contribution in [0.5, 0.6) is 5.75 Å². The van der Waals surface area contributed by atoms with Gasteiger partial charge in [-0.2, -0.15) is 0 Å². The monoisotopic (exact) mass is 239 g/mol. The van der Waals surface area contributed by atoms with Gasteiger partial charge in [0.1, 0.15) is 12.4 Å². The molecular formula is C12H17NO4. The van der Waals surface area contributed by atoms with Gasteiger partial charge in [0.05, 0.1) is 18.4 Å². The molecule has 94 valence electrons. The lowest BCUT2D eigenvalue weighted by atomic mass is 10.3. The molecule has 0 saturated heterocycles. The first kappa shape index (κ1) is 13.4. The molecule has 0 bridgehead atoms. The van der Waals surface area contributed by atoms with Crippen molar-refractivity contribution in [3.05, 3.63) is 24.0 Å². The van der Waals surface area contributed by atoms with Gasteiger partial charge < -0.3 is 14.6 Å². The van der Waals surface area contributed by atoms with Crippen LogP contribution in [0, 0.1) is 0 Å². The minimum atomic E-state index is -1.01. The summed E-state index contributed by atoms with van der Waals surface area (Å²) in [6, 6.07) is 1.45. The fourth-order valence-electron chi connectivity index (χ4n) is 1.18. The minimum Gasteiger partial charge on any atom is -0.490 e. The highest BCUT2D eigenvalue weighted by atomic mass is 16.5. The first-order valence-electron chi connectivity index (χ1n) is 5.63. The number of unbranched alkanes of at least 4 members (excludes halogenated alkanes) is 1. The van der Waals surface area contributed by atoms with E-state index in [0.29, 0.717) is 19.0 Å². The molecule has 0 unspecified atom stereocenters. The number of hydrogen-bond acceptors (Lipinski definition) is 4. The number of hydrogen-bond donors (Lipinski definition) is 1. The third-order valence-electron chi connectivity index (χ3n) is 2.10. The van der Waals surface area contributed by atoms with Crippen LogP contribution in [0.2, 0.25) is 0 Å². The van der Waals surface area contributed by atoms with Crippen LogP contribution in [-0.2, 0) is 4.74 Å². The van der Waals surface area contributed by atoms with Crippen molar-refractivity contribution in [3.63, 3.8) is 0 Å². The van der Waals surface area contributed by atoms with Crippen LogP contribution in [0.1, 0.15) is 30.1 Å². The molecule has 0 fully saturated rings. The number of nitrogens with zero attached hydrogens (tertiary/aromatic N) is 1. The van der Waals surface area contributed by atoms with Gasteiger partial charge in [-0.05, 0) is 12.5 Å². The molecular weight excluding hydrogens is 222 g/mol. The highest BCUT2D eigenvalue weighted by Crippen LogP contribution is 2.10. The van der Waals surface area contributed by atoms with Gasteiger partial charge >= 0.3 is 5.97 Å². The summed E-state index contributed by atoms with van der Waals surface area (Å²) in [5, 5.41) is 8.76. The summed E-state index contributed by atoms with van der Waals surface area (Å²) in [7, 11) is 0. The van der Waals surface area contributed by atoms with Crippen molar-refractivity contribution in [1.29, 1.82) is 0 Å². The van der Waals surface area contributed by atoms with Crippen LogP contribution >= 0.6 is 0 Å². The van der Waals surface area contributed by atoms with Gasteiger partial charge in [-0.15, -0.1) is 0 Å². The molecule has 17 heavy (non-hydrogen) atoms. The summed E-state index contributed by atoms with van der Waals surface area (Å²) in [5.41, 5.74) is 0.120. The third-order valence-corrected chi connectivity index (χ3v) is 2.10. The number of pyridine rings is 1. The molecule has 0 aliphatic carbocycles. The zero-order valence-electron chi connectivity index (χ0n) is 9.89. The van der Waals surface area contributed by atoms with Gasteiger partial charge in [0.15, 0.2) is 0 Å². The van der Waals surface area contributed by atoms with E-state index < -0.39 is 5.97 Å². The Morgan fingerprint density at radius 3 is 2.88 bits per heavy atom. The van der Waals surface area contributed by atoms with Gasteiger partial charge in [-0.3, -0.25) is 4.98 Å². The first-order chi connectivity index (χ1) is 8.24. The van der Waals surface area contributed by atoms with E-state index in [1.54, 1.807) is 0 Å². The van der Waals surface area contributed by atoms with Crippen LogP contribution < -0.4 is 4.74 Å². The zero-order valence-corrected chi connectivity index (χ0v) is 9.89. The molecule has 0 atom stereocenters. The fourth-order valence-corrected chi connectivity index (χ4v) is 1.18. The second-order valence-corrected chi connectivity index (χ2v) is 3.53. The number of carboxylic acid groups (broad SMARTS) is 1. The Balaban J connectivity index is 2.27. The number of aromatic nitrogens is 1. The highest BCUT2D eigenvalue weighted by molar-refractivity contribution is 5.87. The fraction of sp³-hybridized carbons (Fsp3) is 0.500. The number of ether oxygens (including phenoxy) is 2. The molecule has 1 rings (SSSR count).